The molecule has 34 heavy (non-hydrogen) atoms. The van der Waals surface area contributed by atoms with Gasteiger partial charge in [0.25, 0.3) is 5.91 Å². The van der Waals surface area contributed by atoms with Crippen LogP contribution in [0.5, 0.6) is 11.5 Å². The Balaban J connectivity index is 1.63. The van der Waals surface area contributed by atoms with Crippen molar-refractivity contribution in [3.05, 3.63) is 101 Å². The second-order valence-corrected chi connectivity index (χ2v) is 8.34. The number of hydrogen-bond donors (Lipinski definition) is 0. The number of anilines is 1. The molecule has 3 aromatic carbocycles. The third-order valence-corrected chi connectivity index (χ3v) is 6.32. The van der Waals surface area contributed by atoms with Gasteiger partial charge in [-0.15, -0.1) is 0 Å². The van der Waals surface area contributed by atoms with Crippen LogP contribution >= 0.6 is 0 Å². The number of hydrogen-bond acceptors (Lipinski definition) is 5. The molecule has 0 saturated heterocycles. The van der Waals surface area contributed by atoms with Crippen LogP contribution in [-0.4, -0.2) is 34.9 Å². The molecule has 1 amide bonds. The zero-order valence-corrected chi connectivity index (χ0v) is 19.4. The van der Waals surface area contributed by atoms with Gasteiger partial charge in [0.1, 0.15) is 6.33 Å². The van der Waals surface area contributed by atoms with Crippen LogP contribution in [0.15, 0.2) is 79.1 Å². The van der Waals surface area contributed by atoms with Crippen LogP contribution in [0.3, 0.4) is 0 Å². The lowest BCUT2D eigenvalue weighted by Gasteiger charge is -2.39. The van der Waals surface area contributed by atoms with Crippen molar-refractivity contribution in [1.82, 2.24) is 14.8 Å². The Labute approximate surface area is 198 Å². The Morgan fingerprint density at radius 1 is 0.882 bits per heavy atom. The number of carbonyl (C=O) groups excluding carboxylic acids is 1. The van der Waals surface area contributed by atoms with Gasteiger partial charge in [0, 0.05) is 5.56 Å². The molecule has 2 atom stereocenters. The van der Waals surface area contributed by atoms with E-state index in [1.54, 1.807) is 37.3 Å². The molecule has 0 radical (unpaired) electrons. The summed E-state index contributed by atoms with van der Waals surface area (Å²) in [6, 6.07) is 23.5. The summed E-state index contributed by atoms with van der Waals surface area (Å²) in [4.78, 5) is 20.2. The van der Waals surface area contributed by atoms with Crippen molar-refractivity contribution in [2.75, 3.05) is 19.1 Å². The molecular weight excluding hydrogens is 428 g/mol. The molecule has 0 aliphatic carbocycles. The maximum absolute atomic E-state index is 14.0. The van der Waals surface area contributed by atoms with Gasteiger partial charge in [0.15, 0.2) is 11.5 Å². The van der Waals surface area contributed by atoms with Gasteiger partial charge in [-0.1, -0.05) is 60.2 Å². The second-order valence-electron chi connectivity index (χ2n) is 8.34. The van der Waals surface area contributed by atoms with Crippen LogP contribution in [0.25, 0.3) is 0 Å². The summed E-state index contributed by atoms with van der Waals surface area (Å²) in [6.45, 7) is 2.06. The highest BCUT2D eigenvalue weighted by molar-refractivity contribution is 6.06. The summed E-state index contributed by atoms with van der Waals surface area (Å²) >= 11 is 0. The minimum Gasteiger partial charge on any atom is -0.493 e. The molecule has 4 aromatic rings. The maximum Gasteiger partial charge on any atom is 0.261 e. The normalized spacial score (nSPS) is 17.2. The zero-order valence-electron chi connectivity index (χ0n) is 19.4. The first-order valence-corrected chi connectivity index (χ1v) is 11.2. The molecule has 1 aliphatic heterocycles. The Bertz CT molecular complexity index is 1300. The fourth-order valence-corrected chi connectivity index (χ4v) is 4.56. The van der Waals surface area contributed by atoms with Crippen LogP contribution in [0, 0.1) is 6.92 Å². The molecule has 0 fully saturated rings. The van der Waals surface area contributed by atoms with E-state index in [0.29, 0.717) is 29.4 Å². The van der Waals surface area contributed by atoms with Gasteiger partial charge in [0.05, 0.1) is 26.3 Å². The fraction of sp³-hybridized carbons (Fsp3) is 0.222. The van der Waals surface area contributed by atoms with Gasteiger partial charge in [0.2, 0.25) is 5.95 Å². The smallest absolute Gasteiger partial charge is 0.261 e. The Hall–Kier alpha value is -4.13. The van der Waals surface area contributed by atoms with Gasteiger partial charge < -0.3 is 9.47 Å². The first kappa shape index (κ1) is 21.7. The Morgan fingerprint density at radius 2 is 1.59 bits per heavy atom. The lowest BCUT2D eigenvalue weighted by Crippen LogP contribution is -2.42. The van der Waals surface area contributed by atoms with Crippen molar-refractivity contribution in [2.45, 2.75) is 25.4 Å². The molecule has 0 bridgehead atoms. The number of amides is 1. The molecular formula is C27H26N4O3. The highest BCUT2D eigenvalue weighted by Gasteiger charge is 2.39. The number of fused-ring (bicyclic) bond motifs is 1. The van der Waals surface area contributed by atoms with Crippen LogP contribution in [0.4, 0.5) is 5.95 Å². The van der Waals surface area contributed by atoms with Crippen LogP contribution in [0.2, 0.25) is 0 Å². The standard InChI is InChI=1S/C27H26N4O3/c1-18-9-11-20(12-10-18)22-16-23(19-7-5-4-6-8-19)31-27(28-17-29-31)30(22)26(32)21-13-14-24(33-2)25(15-21)34-3/h4-15,17,22-23H,16H2,1-3H3/t22-,23+/m1/s1. The predicted octanol–water partition coefficient (Wildman–Crippen LogP) is 4.98. The van der Waals surface area contributed by atoms with E-state index in [2.05, 4.69) is 53.4 Å². The molecule has 0 saturated carbocycles. The van der Waals surface area contributed by atoms with E-state index >= 15 is 0 Å². The quantitative estimate of drug-likeness (QED) is 0.425. The molecule has 2 heterocycles. The minimum atomic E-state index is -0.219. The maximum atomic E-state index is 14.0. The van der Waals surface area contributed by atoms with Gasteiger partial charge in [-0.2, -0.15) is 10.1 Å². The monoisotopic (exact) mass is 454 g/mol. The summed E-state index contributed by atoms with van der Waals surface area (Å²) in [6.07, 6.45) is 2.18. The first-order valence-electron chi connectivity index (χ1n) is 11.2. The molecule has 0 N–H and O–H groups in total. The summed E-state index contributed by atoms with van der Waals surface area (Å²) in [5.74, 6) is 1.42. The Kier molecular flexibility index (Phi) is 5.76. The summed E-state index contributed by atoms with van der Waals surface area (Å²) in [7, 11) is 3.13. The molecule has 0 spiro atoms. The average Bonchev–Trinajstić information content (AvgIpc) is 3.37. The fourth-order valence-electron chi connectivity index (χ4n) is 4.56. The molecule has 7 heteroatoms. The van der Waals surface area contributed by atoms with Crippen LogP contribution in [-0.2, 0) is 0 Å². The first-order chi connectivity index (χ1) is 16.6. The summed E-state index contributed by atoms with van der Waals surface area (Å²) in [5, 5.41) is 4.51. The van der Waals surface area contributed by atoms with Crippen molar-refractivity contribution >= 4 is 11.9 Å². The predicted molar refractivity (Wildman–Crippen MR) is 129 cm³/mol. The average molecular weight is 455 g/mol. The number of methoxy groups -OCH3 is 2. The number of aromatic nitrogens is 3. The highest BCUT2D eigenvalue weighted by atomic mass is 16.5. The van der Waals surface area contributed by atoms with E-state index in [9.17, 15) is 4.79 Å². The van der Waals surface area contributed by atoms with Gasteiger partial charge in [-0.05, 0) is 42.7 Å². The SMILES string of the molecule is COc1ccc(C(=O)N2c3ncnn3[C@H](c3ccccc3)C[C@@H]2c2ccc(C)cc2)cc1OC. The van der Waals surface area contributed by atoms with Crippen molar-refractivity contribution in [1.29, 1.82) is 0 Å². The number of benzene rings is 3. The molecule has 7 nitrogen and oxygen atoms in total. The molecule has 0 unspecified atom stereocenters. The number of aryl methyl sites for hydroxylation is 1. The topological polar surface area (TPSA) is 69.5 Å². The zero-order chi connectivity index (χ0) is 23.7. The number of rotatable bonds is 5. The lowest BCUT2D eigenvalue weighted by molar-refractivity contribution is 0.0963. The van der Waals surface area contributed by atoms with E-state index in [-0.39, 0.29) is 18.0 Å². The van der Waals surface area contributed by atoms with Crippen molar-refractivity contribution in [3.63, 3.8) is 0 Å². The van der Waals surface area contributed by atoms with Gasteiger partial charge >= 0.3 is 0 Å². The van der Waals surface area contributed by atoms with Gasteiger partial charge in [-0.3, -0.25) is 9.69 Å². The molecule has 172 valence electrons. The third-order valence-electron chi connectivity index (χ3n) is 6.32. The second kappa shape index (κ2) is 9.02. The Morgan fingerprint density at radius 3 is 2.29 bits per heavy atom. The summed E-state index contributed by atoms with van der Waals surface area (Å²) < 4.78 is 12.6. The van der Waals surface area contributed by atoms with E-state index in [4.69, 9.17) is 9.47 Å². The van der Waals surface area contributed by atoms with Crippen LogP contribution in [0.1, 0.15) is 45.6 Å². The van der Waals surface area contributed by atoms with E-state index in [1.165, 1.54) is 11.9 Å². The number of ether oxygens (including phenoxy) is 2. The third kappa shape index (κ3) is 3.79. The van der Waals surface area contributed by atoms with Crippen LogP contribution < -0.4 is 14.4 Å². The van der Waals surface area contributed by atoms with Crippen molar-refractivity contribution in [3.8, 4) is 11.5 Å². The highest BCUT2D eigenvalue weighted by Crippen LogP contribution is 2.43. The van der Waals surface area contributed by atoms with Gasteiger partial charge in [-0.25, -0.2) is 4.68 Å². The molecule has 1 aliphatic rings. The van der Waals surface area contributed by atoms with E-state index < -0.39 is 0 Å². The minimum absolute atomic E-state index is 0.0422. The lowest BCUT2D eigenvalue weighted by atomic mass is 9.91. The number of nitrogens with zero attached hydrogens (tertiary/aromatic N) is 4. The molecule has 1 aromatic heterocycles. The van der Waals surface area contributed by atoms with Crippen molar-refractivity contribution in [2.24, 2.45) is 0 Å². The van der Waals surface area contributed by atoms with Crippen molar-refractivity contribution < 1.29 is 14.3 Å². The van der Waals surface area contributed by atoms with E-state index in [0.717, 1.165) is 11.1 Å². The largest absolute Gasteiger partial charge is 0.493 e. The summed E-state index contributed by atoms with van der Waals surface area (Å²) in [5.41, 5.74) is 3.83. The van der Waals surface area contributed by atoms with E-state index in [1.807, 2.05) is 22.9 Å². The number of carbonyl (C=O) groups is 1. The molecule has 5 rings (SSSR count).